The molecule has 0 spiro atoms. The summed E-state index contributed by atoms with van der Waals surface area (Å²) in [4.78, 5) is 11.4. The monoisotopic (exact) mass is 295 g/mol. The van der Waals surface area contributed by atoms with E-state index in [-0.39, 0.29) is 6.61 Å². The fraction of sp³-hybridized carbons (Fsp3) is 0.0909. The number of H-pyrrole nitrogens is 1. The zero-order valence-electron chi connectivity index (χ0n) is 8.81. The number of nitrogens with one attached hydrogen (secondary N) is 2. The summed E-state index contributed by atoms with van der Waals surface area (Å²) in [6, 6.07) is 11.1. The summed E-state index contributed by atoms with van der Waals surface area (Å²) in [6.07, 6.45) is -0.534. The lowest BCUT2D eigenvalue weighted by Gasteiger charge is -2.04. The highest BCUT2D eigenvalue weighted by molar-refractivity contribution is 9.10. The summed E-state index contributed by atoms with van der Waals surface area (Å²) in [5, 5.41) is 8.97. The van der Waals surface area contributed by atoms with E-state index in [0.717, 1.165) is 5.56 Å². The van der Waals surface area contributed by atoms with E-state index in [9.17, 15) is 4.79 Å². The lowest BCUT2D eigenvalue weighted by Crippen LogP contribution is -2.13. The minimum atomic E-state index is -0.534. The Labute approximate surface area is 106 Å². The molecule has 6 heteroatoms. The Hall–Kier alpha value is -1.82. The number of nitrogens with zero attached hydrogens (tertiary/aromatic N) is 1. The summed E-state index contributed by atoms with van der Waals surface area (Å²) in [5.41, 5.74) is 0.936. The second-order valence-corrected chi connectivity index (χ2v) is 4.14. The van der Waals surface area contributed by atoms with Crippen LogP contribution in [0.3, 0.4) is 0 Å². The number of anilines is 1. The van der Waals surface area contributed by atoms with Crippen LogP contribution in [0.25, 0.3) is 0 Å². The Morgan fingerprint density at radius 3 is 2.82 bits per heavy atom. The molecular weight excluding hydrogens is 286 g/mol. The Morgan fingerprint density at radius 1 is 1.41 bits per heavy atom. The van der Waals surface area contributed by atoms with E-state index in [1.54, 1.807) is 6.07 Å². The predicted octanol–water partition coefficient (Wildman–Crippen LogP) is 2.92. The first-order valence-electron chi connectivity index (χ1n) is 4.92. The lowest BCUT2D eigenvalue weighted by atomic mass is 10.2. The van der Waals surface area contributed by atoms with Gasteiger partial charge >= 0.3 is 6.09 Å². The molecular formula is C11H10BrN3O2. The van der Waals surface area contributed by atoms with Gasteiger partial charge in [-0.15, -0.1) is 0 Å². The van der Waals surface area contributed by atoms with Gasteiger partial charge in [0.15, 0.2) is 5.82 Å². The molecule has 0 bridgehead atoms. The number of aromatic nitrogens is 2. The fourth-order valence-corrected chi connectivity index (χ4v) is 1.53. The molecule has 0 aliphatic rings. The van der Waals surface area contributed by atoms with Crippen molar-refractivity contribution in [3.8, 4) is 0 Å². The van der Waals surface area contributed by atoms with Gasteiger partial charge in [0.1, 0.15) is 11.2 Å². The molecule has 5 nitrogen and oxygen atoms in total. The molecule has 17 heavy (non-hydrogen) atoms. The molecule has 0 aliphatic carbocycles. The van der Waals surface area contributed by atoms with Crippen molar-refractivity contribution in [1.82, 2.24) is 10.2 Å². The maximum Gasteiger partial charge on any atom is 0.413 e. The highest BCUT2D eigenvalue weighted by Gasteiger charge is 2.05. The second kappa shape index (κ2) is 5.49. The number of benzene rings is 1. The van der Waals surface area contributed by atoms with E-state index < -0.39 is 6.09 Å². The molecule has 0 unspecified atom stereocenters. The Bertz CT molecular complexity index is 498. The highest BCUT2D eigenvalue weighted by Crippen LogP contribution is 2.11. The Morgan fingerprint density at radius 2 is 2.18 bits per heavy atom. The van der Waals surface area contributed by atoms with E-state index in [2.05, 4.69) is 31.4 Å². The zero-order valence-corrected chi connectivity index (χ0v) is 10.4. The van der Waals surface area contributed by atoms with E-state index in [0.29, 0.717) is 10.4 Å². The smallest absolute Gasteiger partial charge is 0.413 e. The first kappa shape index (κ1) is 11.7. The number of hydrogen-bond donors (Lipinski definition) is 2. The third kappa shape index (κ3) is 3.60. The van der Waals surface area contributed by atoms with Gasteiger partial charge in [-0.3, -0.25) is 10.4 Å². The molecule has 0 radical (unpaired) electrons. The summed E-state index contributed by atoms with van der Waals surface area (Å²) in [7, 11) is 0. The van der Waals surface area contributed by atoms with Gasteiger partial charge in [-0.05, 0) is 21.5 Å². The summed E-state index contributed by atoms with van der Waals surface area (Å²) < 4.78 is 5.71. The number of carbonyl (C=O) groups excluding carboxylic acids is 1. The first-order valence-corrected chi connectivity index (χ1v) is 5.72. The highest BCUT2D eigenvalue weighted by atomic mass is 79.9. The van der Waals surface area contributed by atoms with Gasteiger partial charge in [0, 0.05) is 6.07 Å². The third-order valence-electron chi connectivity index (χ3n) is 1.99. The SMILES string of the molecule is O=C(Nc1cc(Br)[nH]n1)OCc1ccccc1. The Balaban J connectivity index is 1.82. The molecule has 88 valence electrons. The van der Waals surface area contributed by atoms with Crippen LogP contribution in [0.2, 0.25) is 0 Å². The van der Waals surface area contributed by atoms with Crippen LogP contribution < -0.4 is 5.32 Å². The van der Waals surface area contributed by atoms with Gasteiger partial charge in [-0.25, -0.2) is 4.79 Å². The predicted molar refractivity (Wildman–Crippen MR) is 66.5 cm³/mol. The molecule has 0 saturated carbocycles. The van der Waals surface area contributed by atoms with E-state index >= 15 is 0 Å². The van der Waals surface area contributed by atoms with Crippen molar-refractivity contribution in [2.75, 3.05) is 5.32 Å². The number of rotatable bonds is 3. The minimum Gasteiger partial charge on any atom is -0.444 e. The van der Waals surface area contributed by atoms with E-state index in [4.69, 9.17) is 4.74 Å². The number of hydrogen-bond acceptors (Lipinski definition) is 3. The van der Waals surface area contributed by atoms with Gasteiger partial charge in [0.2, 0.25) is 0 Å². The van der Waals surface area contributed by atoms with Crippen molar-refractivity contribution in [2.45, 2.75) is 6.61 Å². The molecule has 1 aromatic carbocycles. The molecule has 1 aromatic heterocycles. The van der Waals surface area contributed by atoms with Crippen LogP contribution in [0.4, 0.5) is 10.6 Å². The average molecular weight is 296 g/mol. The molecule has 2 aromatic rings. The normalized spacial score (nSPS) is 9.94. The summed E-state index contributed by atoms with van der Waals surface area (Å²) >= 11 is 3.19. The zero-order chi connectivity index (χ0) is 12.1. The van der Waals surface area contributed by atoms with Crippen LogP contribution in [-0.2, 0) is 11.3 Å². The van der Waals surface area contributed by atoms with Gasteiger partial charge in [0.25, 0.3) is 0 Å². The quantitative estimate of drug-likeness (QED) is 0.915. The van der Waals surface area contributed by atoms with Crippen LogP contribution in [0.15, 0.2) is 41.0 Å². The maximum absolute atomic E-state index is 11.4. The average Bonchev–Trinajstić information content (AvgIpc) is 2.73. The maximum atomic E-state index is 11.4. The number of amides is 1. The standard InChI is InChI=1S/C11H10BrN3O2/c12-9-6-10(15-14-9)13-11(16)17-7-8-4-2-1-3-5-8/h1-6H,7H2,(H2,13,14,15,16). The third-order valence-corrected chi connectivity index (χ3v) is 2.40. The molecule has 0 aliphatic heterocycles. The fourth-order valence-electron chi connectivity index (χ4n) is 1.23. The Kier molecular flexibility index (Phi) is 3.77. The first-order chi connectivity index (χ1) is 8.24. The van der Waals surface area contributed by atoms with Crippen LogP contribution in [0, 0.1) is 0 Å². The van der Waals surface area contributed by atoms with Crippen LogP contribution >= 0.6 is 15.9 Å². The molecule has 2 N–H and O–H groups in total. The topological polar surface area (TPSA) is 67.0 Å². The minimum absolute atomic E-state index is 0.234. The van der Waals surface area contributed by atoms with Crippen molar-refractivity contribution in [1.29, 1.82) is 0 Å². The summed E-state index contributed by atoms with van der Waals surface area (Å²) in [6.45, 7) is 0.234. The molecule has 1 amide bonds. The number of halogens is 1. The van der Waals surface area contributed by atoms with Gasteiger partial charge in [0.05, 0.1) is 0 Å². The van der Waals surface area contributed by atoms with Crippen molar-refractivity contribution >= 4 is 27.8 Å². The molecule has 1 heterocycles. The molecule has 0 atom stereocenters. The van der Waals surface area contributed by atoms with Crippen molar-refractivity contribution < 1.29 is 9.53 Å². The van der Waals surface area contributed by atoms with E-state index in [1.807, 2.05) is 30.3 Å². The van der Waals surface area contributed by atoms with Gasteiger partial charge < -0.3 is 4.74 Å². The van der Waals surface area contributed by atoms with Crippen molar-refractivity contribution in [3.63, 3.8) is 0 Å². The van der Waals surface area contributed by atoms with Crippen LogP contribution in [-0.4, -0.2) is 16.3 Å². The number of ether oxygens (including phenoxy) is 1. The molecule has 0 fully saturated rings. The number of carbonyl (C=O) groups is 1. The summed E-state index contributed by atoms with van der Waals surface area (Å²) in [5.74, 6) is 0.412. The van der Waals surface area contributed by atoms with Crippen molar-refractivity contribution in [3.05, 3.63) is 46.6 Å². The molecule has 2 rings (SSSR count). The van der Waals surface area contributed by atoms with Crippen LogP contribution in [0.1, 0.15) is 5.56 Å². The number of aromatic amines is 1. The van der Waals surface area contributed by atoms with Crippen LogP contribution in [0.5, 0.6) is 0 Å². The van der Waals surface area contributed by atoms with Gasteiger partial charge in [-0.2, -0.15) is 5.10 Å². The second-order valence-electron chi connectivity index (χ2n) is 3.29. The van der Waals surface area contributed by atoms with Gasteiger partial charge in [-0.1, -0.05) is 30.3 Å². The lowest BCUT2D eigenvalue weighted by molar-refractivity contribution is 0.155. The molecule has 0 saturated heterocycles. The van der Waals surface area contributed by atoms with Crippen molar-refractivity contribution in [2.24, 2.45) is 0 Å². The largest absolute Gasteiger partial charge is 0.444 e. The van der Waals surface area contributed by atoms with E-state index in [1.165, 1.54) is 0 Å².